The van der Waals surface area contributed by atoms with Crippen LogP contribution in [0.5, 0.6) is 0 Å². The number of primary amides is 1. The van der Waals surface area contributed by atoms with Gasteiger partial charge in [-0.25, -0.2) is 4.79 Å². The molecule has 0 aliphatic carbocycles. The number of aryl methyl sites for hydroxylation is 2. The maximum atomic E-state index is 14.3. The number of alkyl carbamates (subject to hydrolysis) is 1. The van der Waals surface area contributed by atoms with Gasteiger partial charge in [0.2, 0.25) is 11.8 Å². The zero-order chi connectivity index (χ0) is 29.5. The first kappa shape index (κ1) is 31.3. The van der Waals surface area contributed by atoms with Crippen LogP contribution >= 0.6 is 0 Å². The first-order valence-corrected chi connectivity index (χ1v) is 13.0. The highest BCUT2D eigenvalue weighted by Crippen LogP contribution is 2.33. The Hall–Kier alpha value is -3.88. The maximum absolute atomic E-state index is 14.3. The lowest BCUT2D eigenvalue weighted by Crippen LogP contribution is -2.58. The molecule has 0 heterocycles. The summed E-state index contributed by atoms with van der Waals surface area (Å²) in [6.07, 6.45) is -1.01. The number of hydrogen-bond donors (Lipinski definition) is 3. The Labute approximate surface area is 231 Å². The van der Waals surface area contributed by atoms with Crippen LogP contribution in [0.15, 0.2) is 48.5 Å². The summed E-state index contributed by atoms with van der Waals surface area (Å²) in [5.74, 6) is -1.57. The Morgan fingerprint density at radius 2 is 1.46 bits per heavy atom. The summed E-state index contributed by atoms with van der Waals surface area (Å²) in [7, 11) is 0. The van der Waals surface area contributed by atoms with Gasteiger partial charge in [0.1, 0.15) is 17.7 Å². The van der Waals surface area contributed by atoms with E-state index < -0.39 is 47.0 Å². The van der Waals surface area contributed by atoms with Crippen molar-refractivity contribution in [3.63, 3.8) is 0 Å². The predicted molar refractivity (Wildman–Crippen MR) is 152 cm³/mol. The van der Waals surface area contributed by atoms with Gasteiger partial charge in [0.05, 0.1) is 0 Å². The highest BCUT2D eigenvalue weighted by atomic mass is 16.6. The third-order valence-corrected chi connectivity index (χ3v) is 6.02. The number of carbonyl (C=O) groups excluding carboxylic acids is 4. The first-order chi connectivity index (χ1) is 18.0. The summed E-state index contributed by atoms with van der Waals surface area (Å²) < 4.78 is 5.38. The molecular weight excluding hydrogens is 496 g/mol. The number of rotatable bonds is 9. The molecule has 212 valence electrons. The number of amides is 4. The molecule has 0 bridgehead atoms. The van der Waals surface area contributed by atoms with Gasteiger partial charge in [0.25, 0.3) is 5.91 Å². The number of nitrogens with zero attached hydrogens (tertiary/aromatic N) is 1. The maximum Gasteiger partial charge on any atom is 0.408 e. The van der Waals surface area contributed by atoms with E-state index >= 15 is 0 Å². The molecule has 2 aromatic carbocycles. The van der Waals surface area contributed by atoms with Crippen molar-refractivity contribution in [2.45, 2.75) is 91.5 Å². The van der Waals surface area contributed by atoms with E-state index in [2.05, 4.69) is 10.6 Å². The van der Waals surface area contributed by atoms with Crippen molar-refractivity contribution in [3.8, 4) is 0 Å². The van der Waals surface area contributed by atoms with Crippen LogP contribution in [-0.2, 0) is 19.1 Å². The summed E-state index contributed by atoms with van der Waals surface area (Å²) in [5, 5.41) is 5.59. The van der Waals surface area contributed by atoms with Crippen LogP contribution in [0, 0.1) is 13.8 Å². The molecule has 2 aromatic rings. The molecule has 2 unspecified atom stereocenters. The van der Waals surface area contributed by atoms with E-state index in [1.807, 2.05) is 77.1 Å². The van der Waals surface area contributed by atoms with Crippen molar-refractivity contribution >= 4 is 29.5 Å². The van der Waals surface area contributed by atoms with E-state index in [1.165, 1.54) is 4.90 Å². The summed E-state index contributed by atoms with van der Waals surface area (Å²) in [6.45, 7) is 14.3. The van der Waals surface area contributed by atoms with E-state index in [1.54, 1.807) is 26.8 Å². The molecule has 2 rings (SSSR count). The van der Waals surface area contributed by atoms with Crippen LogP contribution in [0.4, 0.5) is 10.5 Å². The second-order valence-corrected chi connectivity index (χ2v) is 11.6. The highest BCUT2D eigenvalue weighted by Gasteiger charge is 2.42. The van der Waals surface area contributed by atoms with E-state index in [-0.39, 0.29) is 12.8 Å². The van der Waals surface area contributed by atoms with E-state index in [0.717, 1.165) is 11.1 Å². The van der Waals surface area contributed by atoms with Gasteiger partial charge in [0, 0.05) is 17.6 Å². The monoisotopic (exact) mass is 538 g/mol. The molecule has 0 saturated heterocycles. The van der Waals surface area contributed by atoms with Gasteiger partial charge >= 0.3 is 6.09 Å². The molecule has 0 fully saturated rings. The van der Waals surface area contributed by atoms with Crippen LogP contribution < -0.4 is 16.4 Å². The second kappa shape index (κ2) is 12.8. The number of benzene rings is 2. The summed E-state index contributed by atoms with van der Waals surface area (Å²) in [4.78, 5) is 54.1. The predicted octanol–water partition coefficient (Wildman–Crippen LogP) is 4.77. The summed E-state index contributed by atoms with van der Waals surface area (Å²) in [6, 6.07) is 12.5. The molecule has 0 aliphatic rings. The van der Waals surface area contributed by atoms with Gasteiger partial charge in [0.15, 0.2) is 0 Å². The average Bonchev–Trinajstić information content (AvgIpc) is 2.79. The van der Waals surface area contributed by atoms with E-state index in [9.17, 15) is 19.2 Å². The van der Waals surface area contributed by atoms with Crippen molar-refractivity contribution in [3.05, 3.63) is 65.2 Å². The van der Waals surface area contributed by atoms with E-state index in [4.69, 9.17) is 10.5 Å². The minimum atomic E-state index is -1.16. The second-order valence-electron chi connectivity index (χ2n) is 11.6. The molecule has 0 aromatic heterocycles. The number of ether oxygens (including phenoxy) is 1. The van der Waals surface area contributed by atoms with Gasteiger partial charge in [-0.1, -0.05) is 42.5 Å². The van der Waals surface area contributed by atoms with Gasteiger partial charge < -0.3 is 26.0 Å². The lowest BCUT2D eigenvalue weighted by Gasteiger charge is -2.43. The molecular formula is C30H42N4O5. The molecule has 4 amide bonds. The van der Waals surface area contributed by atoms with Gasteiger partial charge in [-0.2, -0.15) is 0 Å². The lowest BCUT2D eigenvalue weighted by molar-refractivity contribution is -0.147. The number of nitrogens with one attached hydrogen (secondary N) is 2. The number of para-hydroxylation sites is 1. The van der Waals surface area contributed by atoms with Crippen LogP contribution in [0.1, 0.15) is 77.1 Å². The van der Waals surface area contributed by atoms with Crippen molar-refractivity contribution < 1.29 is 23.9 Å². The molecule has 9 heteroatoms. The molecule has 0 saturated carbocycles. The number of carbonyl (C=O) groups is 4. The minimum Gasteiger partial charge on any atom is -0.444 e. The van der Waals surface area contributed by atoms with Crippen LogP contribution in [-0.4, -0.2) is 45.9 Å². The summed E-state index contributed by atoms with van der Waals surface area (Å²) >= 11 is 0. The van der Waals surface area contributed by atoms with E-state index in [0.29, 0.717) is 11.3 Å². The molecule has 4 N–H and O–H groups in total. The topological polar surface area (TPSA) is 131 Å². The van der Waals surface area contributed by atoms with Crippen molar-refractivity contribution in [1.29, 1.82) is 0 Å². The fourth-order valence-electron chi connectivity index (χ4n) is 4.21. The Balaban J connectivity index is 2.62. The van der Waals surface area contributed by atoms with Crippen LogP contribution in [0.25, 0.3) is 0 Å². The van der Waals surface area contributed by atoms with Gasteiger partial charge in [-0.3, -0.25) is 14.4 Å². The fourth-order valence-corrected chi connectivity index (χ4v) is 4.21. The Bertz CT molecular complexity index is 1200. The quantitative estimate of drug-likeness (QED) is 0.423. The number of hydrogen-bond acceptors (Lipinski definition) is 5. The third kappa shape index (κ3) is 9.12. The Morgan fingerprint density at radius 1 is 0.897 bits per heavy atom. The Morgan fingerprint density at radius 3 is 1.97 bits per heavy atom. The molecule has 2 atom stereocenters. The molecule has 0 spiro atoms. The normalized spacial score (nSPS) is 13.1. The zero-order valence-electron chi connectivity index (χ0n) is 24.3. The molecule has 9 nitrogen and oxygen atoms in total. The minimum absolute atomic E-state index is 0.0557. The number of anilines is 1. The summed E-state index contributed by atoms with van der Waals surface area (Å²) in [5.41, 5.74) is 6.66. The first-order valence-electron chi connectivity index (χ1n) is 13.0. The fraction of sp³-hybridized carbons (Fsp3) is 0.467. The molecule has 39 heavy (non-hydrogen) atoms. The standard InChI is InChI=1S/C30H42N4O5/c1-19-13-9-11-15-21(19)25(26(36)32-22-16-12-10-14-20(22)2)34(29(3,4)5)27(37)23(17-18-24(31)35)33-28(38)39-30(6,7)8/h9-16,23,25H,17-18H2,1-8H3,(H2,31,35)(H,32,36)(H,33,38). The van der Waals surface area contributed by atoms with Crippen molar-refractivity contribution in [1.82, 2.24) is 10.2 Å². The van der Waals surface area contributed by atoms with Crippen LogP contribution in [0.3, 0.4) is 0 Å². The van der Waals surface area contributed by atoms with Crippen molar-refractivity contribution in [2.75, 3.05) is 5.32 Å². The SMILES string of the molecule is Cc1ccccc1NC(=O)C(c1ccccc1C)N(C(=O)C(CCC(N)=O)NC(=O)OC(C)(C)C)C(C)(C)C. The molecule has 0 radical (unpaired) electrons. The van der Waals surface area contributed by atoms with Gasteiger partial charge in [-0.15, -0.1) is 0 Å². The zero-order valence-corrected chi connectivity index (χ0v) is 24.3. The number of nitrogens with two attached hydrogens (primary N) is 1. The third-order valence-electron chi connectivity index (χ3n) is 6.02. The Kier molecular flexibility index (Phi) is 10.3. The largest absolute Gasteiger partial charge is 0.444 e. The van der Waals surface area contributed by atoms with Crippen molar-refractivity contribution in [2.24, 2.45) is 5.73 Å². The molecule has 0 aliphatic heterocycles. The van der Waals surface area contributed by atoms with Crippen LogP contribution in [0.2, 0.25) is 0 Å². The lowest BCUT2D eigenvalue weighted by atomic mass is 9.92. The van der Waals surface area contributed by atoms with Gasteiger partial charge in [-0.05, 0) is 84.6 Å². The average molecular weight is 539 g/mol. The highest BCUT2D eigenvalue weighted by molar-refractivity contribution is 6.00. The smallest absolute Gasteiger partial charge is 0.408 e.